The van der Waals surface area contributed by atoms with Gasteiger partial charge in [0.2, 0.25) is 0 Å². The SMILES string of the molecule is CCOC(=O)/C(C#N)=C\c1ccc(-n2nncc2C23CC4CC(CC(C4)C2)C3)cc1. The van der Waals surface area contributed by atoms with E-state index in [1.807, 2.05) is 41.2 Å². The van der Waals surface area contributed by atoms with Crippen molar-refractivity contribution in [3.63, 3.8) is 0 Å². The number of nitriles is 1. The Labute approximate surface area is 176 Å². The molecule has 6 heteroatoms. The number of benzene rings is 1. The minimum Gasteiger partial charge on any atom is -0.462 e. The maximum atomic E-state index is 11.8. The quantitative estimate of drug-likeness (QED) is 0.425. The molecule has 4 bridgehead atoms. The average Bonchev–Trinajstić information content (AvgIpc) is 3.22. The third-order valence-corrected chi connectivity index (χ3v) is 7.20. The van der Waals surface area contributed by atoms with Gasteiger partial charge in [-0.05, 0) is 87.0 Å². The second-order valence-electron chi connectivity index (χ2n) is 9.21. The Hall–Kier alpha value is -2.94. The summed E-state index contributed by atoms with van der Waals surface area (Å²) in [7, 11) is 0. The summed E-state index contributed by atoms with van der Waals surface area (Å²) >= 11 is 0. The Morgan fingerprint density at radius 1 is 1.20 bits per heavy atom. The molecule has 0 N–H and O–H groups in total. The number of carbonyl (C=O) groups is 1. The molecule has 154 valence electrons. The predicted octanol–water partition coefficient (Wildman–Crippen LogP) is 4.21. The number of carbonyl (C=O) groups excluding carboxylic acids is 1. The third kappa shape index (κ3) is 3.23. The molecule has 30 heavy (non-hydrogen) atoms. The van der Waals surface area contributed by atoms with Gasteiger partial charge in [0.25, 0.3) is 0 Å². The standard InChI is InChI=1S/C24H26N4O2/c1-2-30-23(29)20(14-25)10-16-3-5-21(6-4-16)28-22(15-26-27-28)24-11-17-7-18(12-24)9-19(8-17)13-24/h3-6,10,15,17-19H,2,7-9,11-13H2,1H3/b20-10-. The lowest BCUT2D eigenvalue weighted by molar-refractivity contribution is -0.137. The van der Waals surface area contributed by atoms with E-state index in [2.05, 4.69) is 10.3 Å². The smallest absolute Gasteiger partial charge is 0.348 e. The summed E-state index contributed by atoms with van der Waals surface area (Å²) in [5, 5.41) is 17.9. The minimum atomic E-state index is -0.593. The van der Waals surface area contributed by atoms with Gasteiger partial charge in [-0.3, -0.25) is 0 Å². The normalized spacial score (nSPS) is 29.6. The lowest BCUT2D eigenvalue weighted by Crippen LogP contribution is -2.49. The van der Waals surface area contributed by atoms with Crippen molar-refractivity contribution in [1.29, 1.82) is 5.26 Å². The maximum Gasteiger partial charge on any atom is 0.348 e. The highest BCUT2D eigenvalue weighted by Gasteiger charge is 2.53. The van der Waals surface area contributed by atoms with Gasteiger partial charge in [0.15, 0.2) is 0 Å². The van der Waals surface area contributed by atoms with Crippen LogP contribution in [-0.4, -0.2) is 27.6 Å². The van der Waals surface area contributed by atoms with Crippen LogP contribution in [0.5, 0.6) is 0 Å². The monoisotopic (exact) mass is 402 g/mol. The van der Waals surface area contributed by atoms with Crippen molar-refractivity contribution in [2.45, 2.75) is 50.9 Å². The maximum absolute atomic E-state index is 11.8. The molecule has 1 aromatic heterocycles. The van der Waals surface area contributed by atoms with Crippen LogP contribution in [0.1, 0.15) is 56.7 Å². The second kappa shape index (κ2) is 7.39. The van der Waals surface area contributed by atoms with Gasteiger partial charge < -0.3 is 4.74 Å². The molecule has 6 rings (SSSR count). The fraction of sp³-hybridized carbons (Fsp3) is 0.500. The molecule has 4 fully saturated rings. The van der Waals surface area contributed by atoms with E-state index in [1.54, 1.807) is 13.0 Å². The number of rotatable bonds is 5. The van der Waals surface area contributed by atoms with Crippen molar-refractivity contribution < 1.29 is 9.53 Å². The van der Waals surface area contributed by atoms with Gasteiger partial charge in [-0.2, -0.15) is 5.26 Å². The number of esters is 1. The molecule has 0 amide bonds. The van der Waals surface area contributed by atoms with Crippen LogP contribution in [0.2, 0.25) is 0 Å². The van der Waals surface area contributed by atoms with E-state index >= 15 is 0 Å². The first kappa shape index (κ1) is 19.0. The van der Waals surface area contributed by atoms with Gasteiger partial charge in [0.05, 0.1) is 24.2 Å². The van der Waals surface area contributed by atoms with Crippen molar-refractivity contribution in [1.82, 2.24) is 15.0 Å². The van der Waals surface area contributed by atoms with Crippen molar-refractivity contribution in [2.24, 2.45) is 17.8 Å². The second-order valence-corrected chi connectivity index (χ2v) is 9.21. The highest BCUT2D eigenvalue weighted by molar-refractivity contribution is 5.97. The molecule has 4 aliphatic carbocycles. The molecule has 0 saturated heterocycles. The molecule has 0 spiro atoms. The van der Waals surface area contributed by atoms with Gasteiger partial charge in [0.1, 0.15) is 11.6 Å². The zero-order valence-corrected chi connectivity index (χ0v) is 17.3. The molecule has 4 saturated carbocycles. The van der Waals surface area contributed by atoms with Crippen LogP contribution in [0.15, 0.2) is 36.0 Å². The summed E-state index contributed by atoms with van der Waals surface area (Å²) < 4.78 is 6.93. The van der Waals surface area contributed by atoms with Crippen molar-refractivity contribution in [2.75, 3.05) is 6.61 Å². The molecular formula is C24H26N4O2. The fourth-order valence-corrected chi connectivity index (χ4v) is 6.44. The average molecular weight is 402 g/mol. The van der Waals surface area contributed by atoms with E-state index < -0.39 is 5.97 Å². The highest BCUT2D eigenvalue weighted by atomic mass is 16.5. The lowest BCUT2D eigenvalue weighted by atomic mass is 9.49. The zero-order chi connectivity index (χ0) is 20.7. The van der Waals surface area contributed by atoms with Gasteiger partial charge in [0, 0.05) is 5.41 Å². The Morgan fingerprint density at radius 2 is 1.83 bits per heavy atom. The fourth-order valence-electron chi connectivity index (χ4n) is 6.44. The van der Waals surface area contributed by atoms with E-state index in [9.17, 15) is 10.1 Å². The van der Waals surface area contributed by atoms with Crippen LogP contribution in [0, 0.1) is 29.1 Å². The lowest BCUT2D eigenvalue weighted by Gasteiger charge is -2.56. The highest BCUT2D eigenvalue weighted by Crippen LogP contribution is 2.60. The first-order valence-electron chi connectivity index (χ1n) is 10.9. The van der Waals surface area contributed by atoms with Crippen molar-refractivity contribution in [3.05, 3.63) is 47.3 Å². The number of aromatic nitrogens is 3. The molecular weight excluding hydrogens is 376 g/mol. The molecule has 0 unspecified atom stereocenters. The minimum absolute atomic E-state index is 0.000359. The molecule has 0 radical (unpaired) electrons. The summed E-state index contributed by atoms with van der Waals surface area (Å²) in [5.74, 6) is 1.99. The zero-order valence-electron chi connectivity index (χ0n) is 17.3. The van der Waals surface area contributed by atoms with Crippen LogP contribution in [0.4, 0.5) is 0 Å². The third-order valence-electron chi connectivity index (χ3n) is 7.20. The Balaban J connectivity index is 1.43. The molecule has 1 aromatic carbocycles. The van der Waals surface area contributed by atoms with Crippen LogP contribution in [0.25, 0.3) is 11.8 Å². The Morgan fingerprint density at radius 3 is 2.40 bits per heavy atom. The van der Waals surface area contributed by atoms with Crippen LogP contribution < -0.4 is 0 Å². The number of hydrogen-bond donors (Lipinski definition) is 0. The number of hydrogen-bond acceptors (Lipinski definition) is 5. The van der Waals surface area contributed by atoms with Crippen molar-refractivity contribution in [3.8, 4) is 11.8 Å². The van der Waals surface area contributed by atoms with Crippen LogP contribution in [0.3, 0.4) is 0 Å². The topological polar surface area (TPSA) is 80.8 Å². The van der Waals surface area contributed by atoms with Crippen LogP contribution in [-0.2, 0) is 14.9 Å². The molecule has 0 aliphatic heterocycles. The summed E-state index contributed by atoms with van der Waals surface area (Å²) in [6.07, 6.45) is 11.5. The van der Waals surface area contributed by atoms with E-state index in [0.29, 0.717) is 0 Å². The largest absolute Gasteiger partial charge is 0.462 e. The number of nitrogens with zero attached hydrogens (tertiary/aromatic N) is 4. The van der Waals surface area contributed by atoms with Crippen molar-refractivity contribution >= 4 is 12.0 Å². The number of ether oxygens (including phenoxy) is 1. The first-order valence-corrected chi connectivity index (χ1v) is 10.9. The summed E-state index contributed by atoms with van der Waals surface area (Å²) in [4.78, 5) is 11.8. The van der Waals surface area contributed by atoms with E-state index in [-0.39, 0.29) is 17.6 Å². The summed E-state index contributed by atoms with van der Waals surface area (Å²) in [6, 6.07) is 9.67. The summed E-state index contributed by atoms with van der Waals surface area (Å²) in [5.41, 5.74) is 3.20. The van der Waals surface area contributed by atoms with E-state index in [1.165, 1.54) is 44.2 Å². The molecule has 2 aromatic rings. The van der Waals surface area contributed by atoms with Gasteiger partial charge >= 0.3 is 5.97 Å². The Bertz CT molecular complexity index is 993. The molecule has 1 heterocycles. The molecule has 4 aliphatic rings. The first-order chi connectivity index (χ1) is 14.6. The predicted molar refractivity (Wildman–Crippen MR) is 111 cm³/mol. The Kier molecular flexibility index (Phi) is 4.69. The van der Waals surface area contributed by atoms with Gasteiger partial charge in [-0.1, -0.05) is 17.3 Å². The van der Waals surface area contributed by atoms with Gasteiger partial charge in [-0.15, -0.1) is 5.10 Å². The van der Waals surface area contributed by atoms with Gasteiger partial charge in [-0.25, -0.2) is 9.48 Å². The van der Waals surface area contributed by atoms with Crippen LogP contribution >= 0.6 is 0 Å². The summed E-state index contributed by atoms with van der Waals surface area (Å²) in [6.45, 7) is 1.97. The van der Waals surface area contributed by atoms with E-state index in [0.717, 1.165) is 29.0 Å². The van der Waals surface area contributed by atoms with E-state index in [4.69, 9.17) is 4.74 Å². The molecule has 0 atom stereocenters. The molecule has 6 nitrogen and oxygen atoms in total.